The number of aliphatic hydroxyl groups is 1. The normalized spacial score (nSPS) is 42.5. The molecule has 0 aromatic rings. The van der Waals surface area contributed by atoms with Gasteiger partial charge < -0.3 is 9.84 Å². The third-order valence-corrected chi connectivity index (χ3v) is 4.79. The van der Waals surface area contributed by atoms with Crippen LogP contribution in [0, 0.1) is 17.3 Å². The van der Waals surface area contributed by atoms with Crippen LogP contribution < -0.4 is 0 Å². The second kappa shape index (κ2) is 5.01. The van der Waals surface area contributed by atoms with E-state index in [1.54, 1.807) is 0 Å². The zero-order chi connectivity index (χ0) is 12.5. The van der Waals surface area contributed by atoms with E-state index in [0.717, 1.165) is 25.7 Å². The lowest BCUT2D eigenvalue weighted by Crippen LogP contribution is -2.44. The van der Waals surface area contributed by atoms with Crippen LogP contribution in [0.4, 0.5) is 0 Å². The van der Waals surface area contributed by atoms with Gasteiger partial charge >= 0.3 is 0 Å². The minimum Gasteiger partial charge on any atom is -0.498 e. The number of rotatable bonds is 2. The van der Waals surface area contributed by atoms with E-state index in [-0.39, 0.29) is 11.5 Å². The van der Waals surface area contributed by atoms with Crippen molar-refractivity contribution in [2.24, 2.45) is 17.3 Å². The molecule has 1 N–H and O–H groups in total. The average molecular weight is 238 g/mol. The van der Waals surface area contributed by atoms with Crippen LogP contribution in [0.15, 0.2) is 12.3 Å². The Balaban J connectivity index is 2.01. The van der Waals surface area contributed by atoms with Gasteiger partial charge in [-0.3, -0.25) is 0 Å². The molecular weight excluding hydrogens is 212 g/mol. The molecule has 0 radical (unpaired) electrons. The summed E-state index contributed by atoms with van der Waals surface area (Å²) in [6.45, 7) is 6.73. The fourth-order valence-electron chi connectivity index (χ4n) is 3.54. The Labute approximate surface area is 105 Å². The molecule has 2 aliphatic rings. The molecule has 0 spiro atoms. The predicted octanol–water partition coefficient (Wildman–Crippen LogP) is 3.50. The second-order valence-electron chi connectivity index (χ2n) is 6.45. The average Bonchev–Trinajstić information content (AvgIpc) is 2.29. The number of allylic oxidation sites excluding steroid dienone is 1. The maximum Gasteiger partial charge on any atom is 0.103 e. The van der Waals surface area contributed by atoms with Gasteiger partial charge in [0.2, 0.25) is 0 Å². The molecule has 4 atom stereocenters. The van der Waals surface area contributed by atoms with Crippen molar-refractivity contribution >= 4 is 0 Å². The van der Waals surface area contributed by atoms with Crippen molar-refractivity contribution in [1.29, 1.82) is 0 Å². The third kappa shape index (κ3) is 2.67. The van der Waals surface area contributed by atoms with Crippen LogP contribution in [0.5, 0.6) is 0 Å². The van der Waals surface area contributed by atoms with Crippen molar-refractivity contribution < 1.29 is 9.84 Å². The maximum absolute atomic E-state index is 10.3. The van der Waals surface area contributed by atoms with E-state index in [2.05, 4.69) is 26.8 Å². The molecule has 0 aromatic carbocycles. The highest BCUT2D eigenvalue weighted by molar-refractivity contribution is 4.96. The van der Waals surface area contributed by atoms with E-state index in [4.69, 9.17) is 4.74 Å². The predicted molar refractivity (Wildman–Crippen MR) is 69.5 cm³/mol. The molecule has 0 amide bonds. The van der Waals surface area contributed by atoms with E-state index >= 15 is 0 Å². The van der Waals surface area contributed by atoms with E-state index in [1.807, 2.05) is 6.26 Å². The van der Waals surface area contributed by atoms with Crippen molar-refractivity contribution in [1.82, 2.24) is 0 Å². The van der Waals surface area contributed by atoms with Crippen LogP contribution in [0.3, 0.4) is 0 Å². The fourth-order valence-corrected chi connectivity index (χ4v) is 3.54. The first-order chi connectivity index (χ1) is 8.03. The topological polar surface area (TPSA) is 29.5 Å². The molecule has 1 aliphatic heterocycles. The van der Waals surface area contributed by atoms with Gasteiger partial charge in [-0.1, -0.05) is 20.8 Å². The molecule has 17 heavy (non-hydrogen) atoms. The highest BCUT2D eigenvalue weighted by Gasteiger charge is 2.43. The number of hydrogen-bond acceptors (Lipinski definition) is 2. The zero-order valence-electron chi connectivity index (χ0n) is 11.4. The minimum absolute atomic E-state index is 0.150. The summed E-state index contributed by atoms with van der Waals surface area (Å²) in [6, 6.07) is 0. The number of hydrogen-bond donors (Lipinski definition) is 1. The molecule has 0 aromatic heterocycles. The molecule has 1 fully saturated rings. The summed E-state index contributed by atoms with van der Waals surface area (Å²) < 4.78 is 5.77. The SMILES string of the molecule is CC(C)C1CCC(C)(C2CCC=CO2)CC1O. The van der Waals surface area contributed by atoms with Gasteiger partial charge in [0.1, 0.15) is 6.10 Å². The van der Waals surface area contributed by atoms with Gasteiger partial charge in [-0.25, -0.2) is 0 Å². The van der Waals surface area contributed by atoms with Crippen molar-refractivity contribution in [2.45, 2.75) is 65.1 Å². The minimum atomic E-state index is -0.150. The lowest BCUT2D eigenvalue weighted by atomic mass is 9.64. The Morgan fingerprint density at radius 2 is 2.12 bits per heavy atom. The molecule has 1 heterocycles. The first-order valence-electron chi connectivity index (χ1n) is 7.01. The molecular formula is C15H26O2. The van der Waals surface area contributed by atoms with Crippen molar-refractivity contribution in [3.63, 3.8) is 0 Å². The fraction of sp³-hybridized carbons (Fsp3) is 0.867. The van der Waals surface area contributed by atoms with Crippen LogP contribution in [0.2, 0.25) is 0 Å². The number of ether oxygens (including phenoxy) is 1. The second-order valence-corrected chi connectivity index (χ2v) is 6.45. The Kier molecular flexibility index (Phi) is 3.82. The largest absolute Gasteiger partial charge is 0.498 e. The van der Waals surface area contributed by atoms with Gasteiger partial charge in [0.15, 0.2) is 0 Å². The van der Waals surface area contributed by atoms with Gasteiger partial charge in [-0.15, -0.1) is 0 Å². The Hall–Kier alpha value is -0.500. The van der Waals surface area contributed by atoms with Crippen LogP contribution in [-0.4, -0.2) is 17.3 Å². The number of aliphatic hydroxyl groups excluding tert-OH is 1. The molecule has 0 saturated heterocycles. The van der Waals surface area contributed by atoms with Crippen molar-refractivity contribution in [2.75, 3.05) is 0 Å². The highest BCUT2D eigenvalue weighted by atomic mass is 16.5. The monoisotopic (exact) mass is 238 g/mol. The van der Waals surface area contributed by atoms with Gasteiger partial charge in [0, 0.05) is 5.41 Å². The molecule has 98 valence electrons. The Bertz CT molecular complexity index is 285. The molecule has 1 aliphatic carbocycles. The zero-order valence-corrected chi connectivity index (χ0v) is 11.4. The standard InChI is InChI=1S/C15H26O2/c1-11(2)12-7-8-15(3,10-13(12)16)14-6-4-5-9-17-14/h5,9,11-14,16H,4,6-8,10H2,1-3H3. The molecule has 2 rings (SSSR count). The molecule has 0 bridgehead atoms. The van der Waals surface area contributed by atoms with Gasteiger partial charge in [-0.2, -0.15) is 0 Å². The van der Waals surface area contributed by atoms with E-state index in [1.165, 1.54) is 6.42 Å². The van der Waals surface area contributed by atoms with Crippen LogP contribution in [-0.2, 0) is 4.74 Å². The van der Waals surface area contributed by atoms with Crippen LogP contribution in [0.25, 0.3) is 0 Å². The third-order valence-electron chi connectivity index (χ3n) is 4.79. The summed E-state index contributed by atoms with van der Waals surface area (Å²) in [6.07, 6.45) is 9.53. The maximum atomic E-state index is 10.3. The molecule has 2 heteroatoms. The van der Waals surface area contributed by atoms with Crippen molar-refractivity contribution in [3.8, 4) is 0 Å². The molecule has 1 saturated carbocycles. The van der Waals surface area contributed by atoms with Crippen LogP contribution >= 0.6 is 0 Å². The quantitative estimate of drug-likeness (QED) is 0.798. The highest BCUT2D eigenvalue weighted by Crippen LogP contribution is 2.46. The Morgan fingerprint density at radius 3 is 2.65 bits per heavy atom. The van der Waals surface area contributed by atoms with E-state index in [9.17, 15) is 5.11 Å². The van der Waals surface area contributed by atoms with Gasteiger partial charge in [0.25, 0.3) is 0 Å². The summed E-state index contributed by atoms with van der Waals surface area (Å²) in [5.41, 5.74) is 0.162. The van der Waals surface area contributed by atoms with E-state index in [0.29, 0.717) is 17.9 Å². The summed E-state index contributed by atoms with van der Waals surface area (Å²) in [5.74, 6) is 1.06. The molecule has 4 unspecified atom stereocenters. The summed E-state index contributed by atoms with van der Waals surface area (Å²) in [5, 5.41) is 10.3. The summed E-state index contributed by atoms with van der Waals surface area (Å²) in [7, 11) is 0. The lowest BCUT2D eigenvalue weighted by molar-refractivity contribution is -0.0768. The smallest absolute Gasteiger partial charge is 0.103 e. The summed E-state index contributed by atoms with van der Waals surface area (Å²) in [4.78, 5) is 0. The summed E-state index contributed by atoms with van der Waals surface area (Å²) >= 11 is 0. The first kappa shape index (κ1) is 12.9. The lowest BCUT2D eigenvalue weighted by Gasteiger charge is -2.46. The Morgan fingerprint density at radius 1 is 1.35 bits per heavy atom. The molecule has 2 nitrogen and oxygen atoms in total. The van der Waals surface area contributed by atoms with Crippen LogP contribution in [0.1, 0.15) is 52.9 Å². The van der Waals surface area contributed by atoms with Gasteiger partial charge in [-0.05, 0) is 50.0 Å². The van der Waals surface area contributed by atoms with E-state index < -0.39 is 0 Å². The van der Waals surface area contributed by atoms with Crippen molar-refractivity contribution in [3.05, 3.63) is 12.3 Å². The first-order valence-corrected chi connectivity index (χ1v) is 7.01. The van der Waals surface area contributed by atoms with Gasteiger partial charge in [0.05, 0.1) is 12.4 Å².